The van der Waals surface area contributed by atoms with E-state index in [4.69, 9.17) is 45.9 Å². The minimum atomic E-state index is -4.61. The van der Waals surface area contributed by atoms with E-state index in [-0.39, 0.29) is 38.6 Å². The summed E-state index contributed by atoms with van der Waals surface area (Å²) in [6.07, 6.45) is -0.724. The second kappa shape index (κ2) is 25.3. The topological polar surface area (TPSA) is 145 Å². The minimum Gasteiger partial charge on any atom is -0.444 e. The van der Waals surface area contributed by atoms with Crippen molar-refractivity contribution in [1.82, 2.24) is 29.3 Å². The van der Waals surface area contributed by atoms with Gasteiger partial charge in [0.15, 0.2) is 23.9 Å². The number of amides is 1. The molecule has 2 aromatic heterocycles. The molecule has 2 fully saturated rings. The number of halogens is 9. The number of rotatable bonds is 10. The van der Waals surface area contributed by atoms with E-state index in [1.165, 1.54) is 36.4 Å². The van der Waals surface area contributed by atoms with Gasteiger partial charge in [-0.1, -0.05) is 120 Å². The van der Waals surface area contributed by atoms with E-state index >= 15 is 0 Å². The summed E-state index contributed by atoms with van der Waals surface area (Å²) >= 11 is 14.2. The highest BCUT2D eigenvalue weighted by Crippen LogP contribution is 2.42. The van der Waals surface area contributed by atoms with Gasteiger partial charge >= 0.3 is 18.4 Å². The van der Waals surface area contributed by atoms with Gasteiger partial charge in [0.1, 0.15) is 17.2 Å². The lowest BCUT2D eigenvalue weighted by molar-refractivity contribution is -0.137. The number of imidazole rings is 2. The van der Waals surface area contributed by atoms with E-state index in [0.717, 1.165) is 60.7 Å². The van der Waals surface area contributed by atoms with Gasteiger partial charge in [0, 0.05) is 54.0 Å². The lowest BCUT2D eigenvalue weighted by Crippen LogP contribution is -2.36. The van der Waals surface area contributed by atoms with E-state index in [9.17, 15) is 48.0 Å². The van der Waals surface area contributed by atoms with Crippen LogP contribution < -0.4 is 5.32 Å². The number of carbonyl (C=O) groups excluding carboxylic acids is 1. The maximum atomic E-state index is 14.1. The fourth-order valence-corrected chi connectivity index (χ4v) is 11.1. The molecule has 2 aliphatic rings. The van der Waals surface area contributed by atoms with Gasteiger partial charge in [0.05, 0.1) is 45.8 Å². The van der Waals surface area contributed by atoms with Crippen LogP contribution in [0, 0.1) is 0 Å². The summed E-state index contributed by atoms with van der Waals surface area (Å²) in [6.45, 7) is 6.61. The molecule has 12 nitrogen and oxygen atoms in total. The van der Waals surface area contributed by atoms with Crippen molar-refractivity contribution in [3.63, 3.8) is 0 Å². The molecule has 0 unspecified atom stereocenters. The summed E-state index contributed by atoms with van der Waals surface area (Å²) in [5.74, 6) is 0.309. The predicted octanol–water partition coefficient (Wildman–Crippen LogP) is 15.7. The first-order valence-corrected chi connectivity index (χ1v) is 30.8. The number of hydrogen-bond donors (Lipinski definition) is 1. The lowest BCUT2D eigenvalue weighted by atomic mass is 10.0. The Kier molecular flexibility index (Phi) is 18.5. The molecule has 0 saturated carbocycles. The molecule has 0 spiro atoms. The number of aromatic nitrogens is 4. The molecule has 0 radical (unpaired) electrons. The Balaban J connectivity index is 0.000000205. The van der Waals surface area contributed by atoms with Gasteiger partial charge in [-0.3, -0.25) is 14.0 Å². The van der Waals surface area contributed by atoms with E-state index in [2.05, 4.69) is 10.3 Å². The van der Waals surface area contributed by atoms with Gasteiger partial charge in [0.25, 0.3) is 0 Å². The van der Waals surface area contributed by atoms with Crippen LogP contribution in [0.3, 0.4) is 0 Å². The Morgan fingerprint density at radius 2 is 1.05 bits per heavy atom. The number of nitrogens with one attached hydrogen (secondary N) is 1. The molecule has 6 aromatic carbocycles. The summed E-state index contributed by atoms with van der Waals surface area (Å²) in [5.41, 5.74) is 2.96. The van der Waals surface area contributed by atoms with Crippen LogP contribution in [0.2, 0.25) is 0 Å². The van der Waals surface area contributed by atoms with E-state index in [1.54, 1.807) is 126 Å². The number of nitrogens with zero attached hydrogens (tertiary/aromatic N) is 5. The van der Waals surface area contributed by atoms with Gasteiger partial charge in [-0.2, -0.15) is 26.3 Å². The highest BCUT2D eigenvalue weighted by molar-refractivity contribution is 7.91. The number of ether oxygens (including phenoxy) is 1. The van der Waals surface area contributed by atoms with Crippen molar-refractivity contribution in [2.24, 2.45) is 0 Å². The third-order valence-electron chi connectivity index (χ3n) is 13.5. The molecule has 4 heterocycles. The van der Waals surface area contributed by atoms with Crippen LogP contribution in [0.1, 0.15) is 82.4 Å². The highest BCUT2D eigenvalue weighted by Gasteiger charge is 2.39. The lowest BCUT2D eigenvalue weighted by Gasteiger charge is -2.27. The molecule has 2 atom stereocenters. The summed E-state index contributed by atoms with van der Waals surface area (Å²) in [6, 6.07) is 37.7. The molecule has 10 rings (SSSR count). The van der Waals surface area contributed by atoms with E-state index in [0.29, 0.717) is 47.7 Å². The standard InChI is InChI=1S/C32H32F3N3O4S.C27H24F3N3O2S.CHCl3/c1-31(2,3)42-30(39)37-18-8-13-28(37)27-20-38(29(36-27)25-11-5-6-12-26(25)32(33,34)35)23-16-14-21(15-17-23)22-9-7-10-24(19-22)43(4,40)41;1-36(34,35)21-7-4-6-19(16-21)18-11-13-20(14-12-18)33-17-25(24-10-5-15-31-24)32-26(33)22-8-2-3-9-23(22)27(28,29)30;2-1(3)4/h5-7,9-12,14-17,19-20,28H,8,13,18H2,1-4H3;2-4,6-9,11-14,16-17,24,31H,5,10,15H2,1H3;1H/t28-;24-;/m11./s1/i;;1D. The number of alkyl halides is 9. The van der Waals surface area contributed by atoms with E-state index < -0.39 is 65.2 Å². The van der Waals surface area contributed by atoms with E-state index in [1.807, 2.05) is 18.2 Å². The maximum absolute atomic E-state index is 14.1. The summed E-state index contributed by atoms with van der Waals surface area (Å²) in [4.78, 5) is 24.4. The quantitative estimate of drug-likeness (QED) is 0.104. The van der Waals surface area contributed by atoms with Gasteiger partial charge in [0.2, 0.25) is 0 Å². The van der Waals surface area contributed by atoms with Crippen molar-refractivity contribution in [2.75, 3.05) is 25.6 Å². The van der Waals surface area contributed by atoms with Crippen LogP contribution in [0.15, 0.2) is 168 Å². The van der Waals surface area contributed by atoms with Gasteiger partial charge in [-0.25, -0.2) is 31.6 Å². The Hall–Kier alpha value is -6.68. The van der Waals surface area contributed by atoms with Crippen LogP contribution in [0.4, 0.5) is 31.1 Å². The summed E-state index contributed by atoms with van der Waals surface area (Å²) in [5, 5.41) is 3.36. The Morgan fingerprint density at radius 3 is 1.46 bits per heavy atom. The normalized spacial score (nSPS) is 16.1. The molecular formula is C60H57Cl3F6N6O6S2. The van der Waals surface area contributed by atoms with Gasteiger partial charge < -0.3 is 10.1 Å². The predicted molar refractivity (Wildman–Crippen MR) is 311 cm³/mol. The fourth-order valence-electron chi connectivity index (χ4n) is 9.74. The zero-order valence-electron chi connectivity index (χ0n) is 46.3. The second-order valence-electron chi connectivity index (χ2n) is 20.7. The number of carbonyl (C=O) groups is 1. The Labute approximate surface area is 494 Å². The van der Waals surface area contributed by atoms with Gasteiger partial charge in [-0.05, 0) is 136 Å². The summed E-state index contributed by atoms with van der Waals surface area (Å²) < 4.78 is 145. The second-order valence-corrected chi connectivity index (χ2v) is 26.4. The molecule has 1 amide bonds. The van der Waals surface area contributed by atoms with Crippen LogP contribution in [0.25, 0.3) is 56.4 Å². The Morgan fingerprint density at radius 1 is 0.614 bits per heavy atom. The van der Waals surface area contributed by atoms with Crippen LogP contribution in [0.5, 0.6) is 0 Å². The number of hydrogen-bond acceptors (Lipinski definition) is 9. The third kappa shape index (κ3) is 15.6. The first-order chi connectivity index (χ1) is 39.2. The van der Waals surface area contributed by atoms with Crippen molar-refractivity contribution in [2.45, 2.75) is 90.6 Å². The van der Waals surface area contributed by atoms with Crippen LogP contribution >= 0.6 is 34.8 Å². The van der Waals surface area contributed by atoms with Crippen molar-refractivity contribution in [1.29, 1.82) is 0 Å². The third-order valence-corrected chi connectivity index (χ3v) is 15.7. The van der Waals surface area contributed by atoms with Crippen LogP contribution in [-0.2, 0) is 36.8 Å². The van der Waals surface area contributed by atoms with Crippen LogP contribution in [-0.4, -0.2) is 82.4 Å². The van der Waals surface area contributed by atoms with Crippen molar-refractivity contribution in [3.05, 3.63) is 181 Å². The number of likely N-dealkylation sites (tertiary alicyclic amines) is 1. The molecule has 0 bridgehead atoms. The molecule has 2 saturated heterocycles. The fraction of sp³-hybridized carbons (Fsp3) is 0.283. The first-order valence-electron chi connectivity index (χ1n) is 26.4. The number of benzene rings is 6. The largest absolute Gasteiger partial charge is 0.444 e. The SMILES string of the molecule is CC(C)(C)OC(=O)N1CCC[C@@H]1c1cn(-c2ccc(-c3cccc(S(C)(=O)=O)c3)cc2)c(-c2ccccc2C(F)(F)F)n1.CS(=O)(=O)c1cccc(-c2ccc(-n3cc([C@H]4CCCN4)nc3-c3ccccc3C(F)(F)F)cc2)c1.[2H]C(Cl)(Cl)Cl. The molecule has 23 heteroatoms. The average Bonchev–Trinajstić information content (AvgIpc) is 2.29. The molecule has 2 aliphatic heterocycles. The molecule has 8 aromatic rings. The zero-order chi connectivity index (χ0) is 61.2. The van der Waals surface area contributed by atoms with Gasteiger partial charge in [-0.15, -0.1) is 0 Å². The average molecular weight is 1240 g/mol. The molecule has 83 heavy (non-hydrogen) atoms. The highest BCUT2D eigenvalue weighted by atomic mass is 35.6. The maximum Gasteiger partial charge on any atom is 0.417 e. The molecule has 0 aliphatic carbocycles. The van der Waals surface area contributed by atoms with Crippen molar-refractivity contribution in [3.8, 4) is 56.4 Å². The monoisotopic (exact) mass is 1240 g/mol. The zero-order valence-corrected chi connectivity index (χ0v) is 49.2. The smallest absolute Gasteiger partial charge is 0.417 e. The molecule has 1 N–H and O–H groups in total. The molecule has 438 valence electrons. The Bertz CT molecular complexity index is 3880. The van der Waals surface area contributed by atoms with Crippen molar-refractivity contribution >= 4 is 60.6 Å². The summed E-state index contributed by atoms with van der Waals surface area (Å²) in [7, 11) is -6.76. The number of sulfone groups is 2. The first kappa shape index (κ1) is 60.9. The van der Waals surface area contributed by atoms with Crippen molar-refractivity contribution < 1.29 is 54.1 Å². The molecular weight excluding hydrogens is 1190 g/mol. The minimum absolute atomic E-state index is 0.0129.